The Balaban J connectivity index is 1.45. The molecule has 1 aromatic heterocycles. The summed E-state index contributed by atoms with van der Waals surface area (Å²) in [5.41, 5.74) is 1.28. The van der Waals surface area contributed by atoms with Gasteiger partial charge in [0.2, 0.25) is 0 Å². The number of anilines is 2. The molecule has 0 atom stereocenters. The van der Waals surface area contributed by atoms with E-state index in [1.54, 1.807) is 30.2 Å². The number of nitrogens with zero attached hydrogens (tertiary/aromatic N) is 3. The van der Waals surface area contributed by atoms with Gasteiger partial charge in [0.1, 0.15) is 22.7 Å². The van der Waals surface area contributed by atoms with Gasteiger partial charge in [-0.25, -0.2) is 0 Å². The SMILES string of the molecule is CCCCCCCCCCCCCCOc1cc(Nc2ccc(-c3cnn(C)c3)cc2[N+](=O)[O-])cc(OC(F)F)c1C(=O)NC1CC1. The van der Waals surface area contributed by atoms with E-state index in [0.717, 1.165) is 38.5 Å². The number of alkyl halides is 2. The molecule has 0 radical (unpaired) electrons. The van der Waals surface area contributed by atoms with Gasteiger partial charge in [-0.15, -0.1) is 0 Å². The molecule has 0 saturated heterocycles. The molecule has 1 heterocycles. The van der Waals surface area contributed by atoms with Gasteiger partial charge in [0, 0.05) is 48.7 Å². The van der Waals surface area contributed by atoms with Gasteiger partial charge in [-0.2, -0.15) is 13.9 Å². The summed E-state index contributed by atoms with van der Waals surface area (Å²) in [7, 11) is 1.75. The first kappa shape index (κ1) is 35.6. The van der Waals surface area contributed by atoms with E-state index >= 15 is 0 Å². The molecule has 47 heavy (non-hydrogen) atoms. The standard InChI is InChI=1S/C35H47F2N5O5/c1-3-4-5-6-7-8-9-10-11-12-13-14-19-46-31-21-28(22-32(47-35(36)37)33(31)34(43)40-27-16-17-27)39-29-18-15-25(20-30(29)42(44)45)26-23-38-41(2)24-26/h15,18,20-24,27,35,39H,3-14,16-17,19H2,1-2H3,(H,40,43). The maximum atomic E-state index is 13.6. The van der Waals surface area contributed by atoms with Crippen LogP contribution in [0.5, 0.6) is 11.5 Å². The summed E-state index contributed by atoms with van der Waals surface area (Å²) in [5, 5.41) is 21.9. The van der Waals surface area contributed by atoms with Crippen LogP contribution in [-0.4, -0.2) is 39.9 Å². The highest BCUT2D eigenvalue weighted by atomic mass is 19.3. The molecule has 3 aromatic rings. The van der Waals surface area contributed by atoms with Crippen molar-refractivity contribution in [3.63, 3.8) is 0 Å². The molecule has 2 N–H and O–H groups in total. The second kappa shape index (κ2) is 18.2. The summed E-state index contributed by atoms with van der Waals surface area (Å²) in [5.74, 6) is -0.866. The van der Waals surface area contributed by atoms with Crippen LogP contribution in [0.15, 0.2) is 42.7 Å². The Bertz CT molecular complexity index is 1460. The Kier molecular flexibility index (Phi) is 13.8. The van der Waals surface area contributed by atoms with Crippen LogP contribution in [0.1, 0.15) is 107 Å². The van der Waals surface area contributed by atoms with Crippen molar-refractivity contribution in [1.82, 2.24) is 15.1 Å². The van der Waals surface area contributed by atoms with Crippen molar-refractivity contribution in [2.24, 2.45) is 7.05 Å². The largest absolute Gasteiger partial charge is 0.493 e. The topological polar surface area (TPSA) is 121 Å². The number of nitro benzene ring substituents is 1. The maximum absolute atomic E-state index is 13.6. The molecule has 0 bridgehead atoms. The zero-order valence-electron chi connectivity index (χ0n) is 27.4. The van der Waals surface area contributed by atoms with E-state index in [2.05, 4.69) is 22.7 Å². The average molecular weight is 656 g/mol. The lowest BCUT2D eigenvalue weighted by atomic mass is 10.1. The molecule has 0 aliphatic heterocycles. The first-order valence-corrected chi connectivity index (χ1v) is 16.9. The maximum Gasteiger partial charge on any atom is 0.387 e. The van der Waals surface area contributed by atoms with E-state index < -0.39 is 17.4 Å². The predicted molar refractivity (Wildman–Crippen MR) is 179 cm³/mol. The number of aryl methyl sites for hydroxylation is 1. The molecule has 0 unspecified atom stereocenters. The Hall–Kier alpha value is -4.22. The third kappa shape index (κ3) is 11.5. The molecule has 1 saturated carbocycles. The van der Waals surface area contributed by atoms with Crippen LogP contribution < -0.4 is 20.1 Å². The molecule has 1 amide bonds. The zero-order chi connectivity index (χ0) is 33.6. The number of ether oxygens (including phenoxy) is 2. The van der Waals surface area contributed by atoms with Gasteiger partial charge >= 0.3 is 6.61 Å². The predicted octanol–water partition coefficient (Wildman–Crippen LogP) is 9.31. The van der Waals surface area contributed by atoms with Crippen LogP contribution in [0.2, 0.25) is 0 Å². The van der Waals surface area contributed by atoms with Crippen molar-refractivity contribution < 1.29 is 28.0 Å². The van der Waals surface area contributed by atoms with Gasteiger partial charge in [-0.3, -0.25) is 19.6 Å². The zero-order valence-corrected chi connectivity index (χ0v) is 27.4. The lowest BCUT2D eigenvalue weighted by molar-refractivity contribution is -0.383. The van der Waals surface area contributed by atoms with E-state index in [1.165, 1.54) is 75.6 Å². The number of nitro groups is 1. The van der Waals surface area contributed by atoms with Crippen molar-refractivity contribution in [2.45, 2.75) is 109 Å². The number of unbranched alkanes of at least 4 members (excludes halogenated alkanes) is 11. The van der Waals surface area contributed by atoms with Crippen LogP contribution in [0.3, 0.4) is 0 Å². The fourth-order valence-corrected chi connectivity index (χ4v) is 5.49. The average Bonchev–Trinajstić information content (AvgIpc) is 3.74. The molecular weight excluding hydrogens is 608 g/mol. The van der Waals surface area contributed by atoms with Crippen LogP contribution in [-0.2, 0) is 7.05 Å². The summed E-state index contributed by atoms with van der Waals surface area (Å²) < 4.78 is 39.6. The lowest BCUT2D eigenvalue weighted by Gasteiger charge is -2.18. The van der Waals surface area contributed by atoms with Gasteiger partial charge < -0.3 is 20.1 Å². The molecular formula is C35H47F2N5O5. The van der Waals surface area contributed by atoms with E-state index in [4.69, 9.17) is 9.47 Å². The minimum atomic E-state index is -3.20. The van der Waals surface area contributed by atoms with E-state index in [0.29, 0.717) is 11.1 Å². The Morgan fingerprint density at radius 3 is 2.19 bits per heavy atom. The van der Waals surface area contributed by atoms with Crippen molar-refractivity contribution in [2.75, 3.05) is 11.9 Å². The van der Waals surface area contributed by atoms with Crippen molar-refractivity contribution in [3.05, 3.63) is 58.4 Å². The fourth-order valence-electron chi connectivity index (χ4n) is 5.49. The molecule has 256 valence electrons. The van der Waals surface area contributed by atoms with Gasteiger partial charge in [0.15, 0.2) is 0 Å². The van der Waals surface area contributed by atoms with E-state index in [-0.39, 0.29) is 46.8 Å². The normalized spacial score (nSPS) is 12.7. The van der Waals surface area contributed by atoms with Crippen LogP contribution in [0.25, 0.3) is 11.1 Å². The number of nitrogens with one attached hydrogen (secondary N) is 2. The van der Waals surface area contributed by atoms with Gasteiger partial charge in [0.05, 0.1) is 17.7 Å². The first-order valence-electron chi connectivity index (χ1n) is 16.9. The van der Waals surface area contributed by atoms with Gasteiger partial charge in [0.25, 0.3) is 11.6 Å². The van der Waals surface area contributed by atoms with Crippen LogP contribution in [0.4, 0.5) is 25.8 Å². The minimum Gasteiger partial charge on any atom is -0.493 e. The summed E-state index contributed by atoms with van der Waals surface area (Å²) in [6, 6.07) is 7.37. The summed E-state index contributed by atoms with van der Waals surface area (Å²) >= 11 is 0. The Morgan fingerprint density at radius 1 is 0.979 bits per heavy atom. The molecule has 0 spiro atoms. The van der Waals surface area contributed by atoms with Crippen molar-refractivity contribution in [3.8, 4) is 22.6 Å². The smallest absolute Gasteiger partial charge is 0.387 e. The highest BCUT2D eigenvalue weighted by Crippen LogP contribution is 2.39. The number of benzene rings is 2. The third-order valence-electron chi connectivity index (χ3n) is 8.19. The van der Waals surface area contributed by atoms with Crippen molar-refractivity contribution in [1.29, 1.82) is 0 Å². The second-order valence-corrected chi connectivity index (χ2v) is 12.2. The third-order valence-corrected chi connectivity index (χ3v) is 8.19. The molecule has 1 aliphatic carbocycles. The number of rotatable bonds is 22. The summed E-state index contributed by atoms with van der Waals surface area (Å²) in [6.45, 7) is -0.696. The molecule has 2 aromatic carbocycles. The van der Waals surface area contributed by atoms with Crippen LogP contribution >= 0.6 is 0 Å². The van der Waals surface area contributed by atoms with E-state index in [1.807, 2.05) is 0 Å². The highest BCUT2D eigenvalue weighted by Gasteiger charge is 2.29. The number of amides is 1. The fraction of sp³-hybridized carbons (Fsp3) is 0.543. The van der Waals surface area contributed by atoms with Gasteiger partial charge in [-0.1, -0.05) is 83.6 Å². The number of carbonyl (C=O) groups is 1. The summed E-state index contributed by atoms with van der Waals surface area (Å²) in [4.78, 5) is 24.7. The summed E-state index contributed by atoms with van der Waals surface area (Å²) in [6.07, 6.45) is 19.1. The number of carbonyl (C=O) groups excluding carboxylic acids is 1. The minimum absolute atomic E-state index is 0.0233. The molecule has 1 fully saturated rings. The van der Waals surface area contributed by atoms with E-state index in [9.17, 15) is 23.7 Å². The lowest BCUT2D eigenvalue weighted by Crippen LogP contribution is -2.27. The molecule has 10 nitrogen and oxygen atoms in total. The second-order valence-electron chi connectivity index (χ2n) is 12.2. The van der Waals surface area contributed by atoms with Crippen LogP contribution in [0, 0.1) is 10.1 Å². The molecule has 4 rings (SSSR count). The van der Waals surface area contributed by atoms with Crippen molar-refractivity contribution >= 4 is 23.0 Å². The Morgan fingerprint density at radius 2 is 1.62 bits per heavy atom. The first-order chi connectivity index (χ1) is 22.7. The number of aromatic nitrogens is 2. The Labute approximate surface area is 275 Å². The quantitative estimate of drug-likeness (QED) is 0.0629. The highest BCUT2D eigenvalue weighted by molar-refractivity contribution is 6.01. The molecule has 1 aliphatic rings. The number of halogens is 2. The van der Waals surface area contributed by atoms with Gasteiger partial charge in [-0.05, 0) is 30.9 Å². The monoisotopic (exact) mass is 655 g/mol. The number of hydrogen-bond donors (Lipinski definition) is 2. The molecule has 12 heteroatoms. The number of hydrogen-bond acceptors (Lipinski definition) is 7.